The maximum atomic E-state index is 6.05. The molecule has 0 radical (unpaired) electrons. The van der Waals surface area contributed by atoms with Crippen LogP contribution in [-0.2, 0) is 13.0 Å². The average molecular weight is 273 g/mol. The minimum absolute atomic E-state index is 0.794. The first-order valence-electron chi connectivity index (χ1n) is 6.60. The summed E-state index contributed by atoms with van der Waals surface area (Å²) >= 11 is 6.05. The molecular weight excluding hydrogens is 256 g/mol. The Hall–Kier alpha value is -1.67. The van der Waals surface area contributed by atoms with Crippen LogP contribution in [0.1, 0.15) is 17.5 Å². The van der Waals surface area contributed by atoms with Crippen molar-refractivity contribution in [1.29, 1.82) is 0 Å². The van der Waals surface area contributed by atoms with E-state index < -0.39 is 0 Å². The summed E-state index contributed by atoms with van der Waals surface area (Å²) in [5, 5.41) is 0.794. The number of hydrogen-bond acceptors (Lipinski definition) is 2. The first kappa shape index (κ1) is 12.4. The van der Waals surface area contributed by atoms with Crippen molar-refractivity contribution in [3.05, 3.63) is 58.6 Å². The number of nitrogens with two attached hydrogens (primary N) is 1. The topological polar surface area (TPSA) is 29.3 Å². The Morgan fingerprint density at radius 3 is 2.89 bits per heavy atom. The van der Waals surface area contributed by atoms with Gasteiger partial charge in [0.25, 0.3) is 0 Å². The van der Waals surface area contributed by atoms with Crippen LogP contribution in [0, 0.1) is 0 Å². The SMILES string of the molecule is Nc1ccc2c(c1)N(Cc1cccc(Cl)c1)CCC2. The fourth-order valence-corrected chi connectivity index (χ4v) is 2.90. The van der Waals surface area contributed by atoms with Crippen LogP contribution in [0.3, 0.4) is 0 Å². The van der Waals surface area contributed by atoms with Crippen molar-refractivity contribution in [1.82, 2.24) is 0 Å². The quantitative estimate of drug-likeness (QED) is 0.841. The van der Waals surface area contributed by atoms with Crippen molar-refractivity contribution in [3.8, 4) is 0 Å². The van der Waals surface area contributed by atoms with Crippen molar-refractivity contribution in [2.45, 2.75) is 19.4 Å². The third kappa shape index (κ3) is 2.69. The van der Waals surface area contributed by atoms with E-state index in [1.165, 1.54) is 23.2 Å². The van der Waals surface area contributed by atoms with E-state index >= 15 is 0 Å². The molecule has 0 bridgehead atoms. The molecule has 3 rings (SSSR count). The Morgan fingerprint density at radius 1 is 1.16 bits per heavy atom. The van der Waals surface area contributed by atoms with Gasteiger partial charge < -0.3 is 10.6 Å². The van der Waals surface area contributed by atoms with Crippen molar-refractivity contribution in [2.24, 2.45) is 0 Å². The zero-order chi connectivity index (χ0) is 13.2. The van der Waals surface area contributed by atoms with Gasteiger partial charge >= 0.3 is 0 Å². The highest BCUT2D eigenvalue weighted by atomic mass is 35.5. The molecule has 0 aromatic heterocycles. The van der Waals surface area contributed by atoms with Gasteiger partial charge in [0, 0.05) is 29.5 Å². The molecule has 1 heterocycles. The number of nitrogens with zero attached hydrogens (tertiary/aromatic N) is 1. The fourth-order valence-electron chi connectivity index (χ4n) is 2.69. The Labute approximate surface area is 118 Å². The van der Waals surface area contributed by atoms with E-state index in [9.17, 15) is 0 Å². The molecule has 3 heteroatoms. The second kappa shape index (κ2) is 5.14. The highest BCUT2D eigenvalue weighted by Crippen LogP contribution is 2.30. The van der Waals surface area contributed by atoms with E-state index in [2.05, 4.69) is 23.1 Å². The van der Waals surface area contributed by atoms with Crippen molar-refractivity contribution in [3.63, 3.8) is 0 Å². The van der Waals surface area contributed by atoms with Crippen LogP contribution in [0.25, 0.3) is 0 Å². The summed E-state index contributed by atoms with van der Waals surface area (Å²) in [7, 11) is 0. The fraction of sp³-hybridized carbons (Fsp3) is 0.250. The van der Waals surface area contributed by atoms with E-state index in [0.717, 1.165) is 30.2 Å². The second-order valence-electron chi connectivity index (χ2n) is 5.04. The zero-order valence-electron chi connectivity index (χ0n) is 10.8. The number of benzene rings is 2. The third-order valence-electron chi connectivity index (χ3n) is 3.59. The normalized spacial score (nSPS) is 14.3. The predicted molar refractivity (Wildman–Crippen MR) is 81.7 cm³/mol. The molecule has 2 nitrogen and oxygen atoms in total. The van der Waals surface area contributed by atoms with Crippen molar-refractivity contribution in [2.75, 3.05) is 17.2 Å². The van der Waals surface area contributed by atoms with E-state index in [1.807, 2.05) is 24.3 Å². The number of anilines is 2. The summed E-state index contributed by atoms with van der Waals surface area (Å²) in [6.45, 7) is 1.96. The Morgan fingerprint density at radius 2 is 2.05 bits per heavy atom. The highest BCUT2D eigenvalue weighted by Gasteiger charge is 2.17. The molecule has 0 spiro atoms. The molecule has 0 saturated carbocycles. The van der Waals surface area contributed by atoms with Gasteiger partial charge in [-0.2, -0.15) is 0 Å². The summed E-state index contributed by atoms with van der Waals surface area (Å²) in [5.74, 6) is 0. The Balaban J connectivity index is 1.89. The lowest BCUT2D eigenvalue weighted by Crippen LogP contribution is -2.28. The van der Waals surface area contributed by atoms with Gasteiger partial charge in [0.1, 0.15) is 0 Å². The minimum Gasteiger partial charge on any atom is -0.399 e. The van der Waals surface area contributed by atoms with Gasteiger partial charge in [-0.25, -0.2) is 0 Å². The van der Waals surface area contributed by atoms with Gasteiger partial charge in [-0.15, -0.1) is 0 Å². The monoisotopic (exact) mass is 272 g/mol. The largest absolute Gasteiger partial charge is 0.399 e. The molecule has 0 saturated heterocycles. The smallest absolute Gasteiger partial charge is 0.0430 e. The van der Waals surface area contributed by atoms with Gasteiger partial charge in [-0.3, -0.25) is 0 Å². The summed E-state index contributed by atoms with van der Waals surface area (Å²) in [5.41, 5.74) is 10.6. The van der Waals surface area contributed by atoms with Crippen LogP contribution in [0.2, 0.25) is 5.02 Å². The first-order valence-corrected chi connectivity index (χ1v) is 6.98. The summed E-state index contributed by atoms with van der Waals surface area (Å²) in [6.07, 6.45) is 2.33. The summed E-state index contributed by atoms with van der Waals surface area (Å²) in [4.78, 5) is 2.39. The average Bonchev–Trinajstić information content (AvgIpc) is 2.39. The van der Waals surface area contributed by atoms with Gasteiger partial charge in [0.15, 0.2) is 0 Å². The molecule has 0 unspecified atom stereocenters. The third-order valence-corrected chi connectivity index (χ3v) is 3.82. The lowest BCUT2D eigenvalue weighted by Gasteiger charge is -2.31. The van der Waals surface area contributed by atoms with E-state index in [0.29, 0.717) is 0 Å². The highest BCUT2D eigenvalue weighted by molar-refractivity contribution is 6.30. The van der Waals surface area contributed by atoms with Crippen molar-refractivity contribution < 1.29 is 0 Å². The van der Waals surface area contributed by atoms with E-state index in [4.69, 9.17) is 17.3 Å². The van der Waals surface area contributed by atoms with Crippen LogP contribution < -0.4 is 10.6 Å². The Kier molecular flexibility index (Phi) is 3.34. The number of rotatable bonds is 2. The lowest BCUT2D eigenvalue weighted by atomic mass is 10.0. The molecule has 1 aliphatic rings. The molecule has 2 aromatic carbocycles. The minimum atomic E-state index is 0.794. The second-order valence-corrected chi connectivity index (χ2v) is 5.48. The molecule has 0 aliphatic carbocycles. The Bertz CT molecular complexity index is 595. The molecule has 2 aromatic rings. The molecule has 98 valence electrons. The molecular formula is C16H17ClN2. The molecule has 19 heavy (non-hydrogen) atoms. The number of nitrogen functional groups attached to an aromatic ring is 1. The number of aryl methyl sites for hydroxylation is 1. The van der Waals surface area contributed by atoms with Crippen LogP contribution in [-0.4, -0.2) is 6.54 Å². The molecule has 0 amide bonds. The molecule has 0 fully saturated rings. The summed E-state index contributed by atoms with van der Waals surface area (Å²) in [6, 6.07) is 14.3. The van der Waals surface area contributed by atoms with Crippen LogP contribution in [0.4, 0.5) is 11.4 Å². The van der Waals surface area contributed by atoms with E-state index in [1.54, 1.807) is 0 Å². The van der Waals surface area contributed by atoms with Gasteiger partial charge in [-0.05, 0) is 48.2 Å². The van der Waals surface area contributed by atoms with Gasteiger partial charge in [0.2, 0.25) is 0 Å². The van der Waals surface area contributed by atoms with Crippen LogP contribution in [0.15, 0.2) is 42.5 Å². The van der Waals surface area contributed by atoms with Gasteiger partial charge in [-0.1, -0.05) is 29.8 Å². The molecule has 2 N–H and O–H groups in total. The molecule has 0 atom stereocenters. The van der Waals surface area contributed by atoms with Crippen LogP contribution >= 0.6 is 11.6 Å². The van der Waals surface area contributed by atoms with Crippen molar-refractivity contribution >= 4 is 23.0 Å². The predicted octanol–water partition coefficient (Wildman–Crippen LogP) is 3.88. The van der Waals surface area contributed by atoms with E-state index in [-0.39, 0.29) is 0 Å². The van der Waals surface area contributed by atoms with Crippen LogP contribution in [0.5, 0.6) is 0 Å². The standard InChI is InChI=1S/C16H17ClN2/c17-14-5-1-3-12(9-14)11-19-8-2-4-13-6-7-15(18)10-16(13)19/h1,3,5-7,9-10H,2,4,8,11,18H2. The first-order chi connectivity index (χ1) is 9.22. The number of hydrogen-bond donors (Lipinski definition) is 1. The maximum absolute atomic E-state index is 6.05. The zero-order valence-corrected chi connectivity index (χ0v) is 11.5. The number of halogens is 1. The lowest BCUT2D eigenvalue weighted by molar-refractivity contribution is 0.691. The summed E-state index contributed by atoms with van der Waals surface area (Å²) < 4.78 is 0. The maximum Gasteiger partial charge on any atom is 0.0430 e. The van der Waals surface area contributed by atoms with Gasteiger partial charge in [0.05, 0.1) is 0 Å². The molecule has 1 aliphatic heterocycles. The number of fused-ring (bicyclic) bond motifs is 1.